The summed E-state index contributed by atoms with van der Waals surface area (Å²) in [5.41, 5.74) is 0. The lowest BCUT2D eigenvalue weighted by atomic mass is 9.98. The Hall–Kier alpha value is -0.850. The van der Waals surface area contributed by atoms with E-state index in [1.807, 2.05) is 0 Å². The van der Waals surface area contributed by atoms with Gasteiger partial charge in [-0.3, -0.25) is 4.79 Å². The van der Waals surface area contributed by atoms with E-state index in [1.165, 1.54) is 276 Å². The Bertz CT molecular complexity index is 1150. The van der Waals surface area contributed by atoms with Gasteiger partial charge in [-0.15, -0.1) is 0 Å². The highest BCUT2D eigenvalue weighted by Crippen LogP contribution is 2.24. The van der Waals surface area contributed by atoms with Crippen LogP contribution >= 0.6 is 0 Å². The van der Waals surface area contributed by atoms with Crippen LogP contribution in [0, 0.1) is 0 Å². The van der Waals surface area contributed by atoms with E-state index in [0.717, 1.165) is 38.5 Å². The fourth-order valence-corrected chi connectivity index (χ4v) is 11.1. The number of hydrogen-bond donors (Lipinski definition) is 7. The number of ether oxygens (including phenoxy) is 2. The van der Waals surface area contributed by atoms with E-state index in [2.05, 4.69) is 19.2 Å². The lowest BCUT2D eigenvalue weighted by Crippen LogP contribution is -2.60. The molecule has 1 aliphatic heterocycles. The Morgan fingerprint density at radius 3 is 1.00 bits per heavy atom. The molecule has 10 heteroatoms. The van der Waals surface area contributed by atoms with Crippen LogP contribution in [0.1, 0.15) is 341 Å². The van der Waals surface area contributed by atoms with Crippen molar-refractivity contribution >= 4 is 5.91 Å². The molecule has 0 bridgehead atoms. The summed E-state index contributed by atoms with van der Waals surface area (Å²) in [6, 6.07) is -0.987. The molecule has 0 aromatic rings. The average Bonchev–Trinajstić information content (AvgIpc) is 3.40. The number of carbonyl (C=O) groups is 1. The van der Waals surface area contributed by atoms with E-state index in [9.17, 15) is 35.4 Å². The van der Waals surface area contributed by atoms with Gasteiger partial charge in [-0.25, -0.2) is 0 Å². The molecular weight excluding hydrogens is 927 g/mol. The van der Waals surface area contributed by atoms with E-state index in [-0.39, 0.29) is 18.9 Å². The maximum Gasteiger partial charge on any atom is 0.220 e. The average molecular weight is 1050 g/mol. The van der Waals surface area contributed by atoms with E-state index in [4.69, 9.17) is 9.47 Å². The zero-order valence-electron chi connectivity index (χ0n) is 49.0. The van der Waals surface area contributed by atoms with Gasteiger partial charge in [0.25, 0.3) is 0 Å². The first-order valence-electron chi connectivity index (χ1n) is 32.8. The van der Waals surface area contributed by atoms with Crippen molar-refractivity contribution < 1.29 is 44.9 Å². The summed E-state index contributed by atoms with van der Waals surface area (Å²) in [4.78, 5) is 13.1. The monoisotopic (exact) mass is 1050 g/mol. The molecule has 0 aromatic carbocycles. The molecule has 0 radical (unpaired) electrons. The summed E-state index contributed by atoms with van der Waals surface area (Å²) < 4.78 is 11.2. The predicted molar refractivity (Wildman–Crippen MR) is 310 cm³/mol. The van der Waals surface area contributed by atoms with Crippen LogP contribution in [0.25, 0.3) is 0 Å². The minimum atomic E-state index is -1.60. The van der Waals surface area contributed by atoms with Crippen molar-refractivity contribution in [1.29, 1.82) is 0 Å². The molecule has 0 saturated carbocycles. The van der Waals surface area contributed by atoms with Gasteiger partial charge < -0.3 is 45.4 Å². The third kappa shape index (κ3) is 42.1. The van der Waals surface area contributed by atoms with Gasteiger partial charge in [0.1, 0.15) is 30.5 Å². The van der Waals surface area contributed by atoms with Crippen molar-refractivity contribution in [3.63, 3.8) is 0 Å². The first-order valence-corrected chi connectivity index (χ1v) is 32.8. The van der Waals surface area contributed by atoms with Crippen molar-refractivity contribution in [2.24, 2.45) is 0 Å². The minimum Gasteiger partial charge on any atom is -0.394 e. The first kappa shape index (κ1) is 71.2. The molecule has 10 nitrogen and oxygen atoms in total. The Morgan fingerprint density at radius 1 is 0.419 bits per heavy atom. The Balaban J connectivity index is 2.08. The van der Waals surface area contributed by atoms with Crippen molar-refractivity contribution in [3.05, 3.63) is 0 Å². The topological polar surface area (TPSA) is 169 Å². The normalized spacial score (nSPS) is 19.3. The van der Waals surface area contributed by atoms with Crippen molar-refractivity contribution in [2.45, 2.75) is 390 Å². The van der Waals surface area contributed by atoms with E-state index >= 15 is 0 Å². The summed E-state index contributed by atoms with van der Waals surface area (Å²) in [5.74, 6) is -0.249. The maximum atomic E-state index is 13.1. The van der Waals surface area contributed by atoms with Crippen LogP contribution in [0.3, 0.4) is 0 Å². The first-order chi connectivity index (χ1) is 36.3. The SMILES string of the molecule is CCCCCCCCCCCCCCCCCCCCCCCCCCCCCCCCCCCCCC(=O)N[C@@H](CO[C@@H]1O[C@H](CO)[C@H](O)C(O)C1O)[C@H](O)[C@H](O)CCCCCCCCCCCCCCCC. The van der Waals surface area contributed by atoms with Crippen LogP contribution in [0.2, 0.25) is 0 Å². The fraction of sp³-hybridized carbons (Fsp3) is 0.984. The van der Waals surface area contributed by atoms with Crippen molar-refractivity contribution in [2.75, 3.05) is 13.2 Å². The molecule has 1 fully saturated rings. The van der Waals surface area contributed by atoms with Crippen molar-refractivity contribution in [1.82, 2.24) is 5.32 Å². The van der Waals surface area contributed by atoms with Crippen LogP contribution in [-0.2, 0) is 14.3 Å². The van der Waals surface area contributed by atoms with Crippen LogP contribution < -0.4 is 5.32 Å². The fourth-order valence-electron chi connectivity index (χ4n) is 11.1. The second kappa shape index (κ2) is 54.1. The summed E-state index contributed by atoms with van der Waals surface area (Å²) in [5, 5.41) is 65.6. The Kier molecular flexibility index (Phi) is 52.0. The molecule has 8 atom stereocenters. The maximum absolute atomic E-state index is 13.1. The number of rotatable bonds is 58. The lowest BCUT2D eigenvalue weighted by molar-refractivity contribution is -0.303. The summed E-state index contributed by atoms with van der Waals surface area (Å²) in [6.45, 7) is 3.66. The van der Waals surface area contributed by atoms with Gasteiger partial charge >= 0.3 is 0 Å². The van der Waals surface area contributed by atoms with E-state index in [0.29, 0.717) is 6.42 Å². The number of nitrogens with one attached hydrogen (secondary N) is 1. The predicted octanol–water partition coefficient (Wildman–Crippen LogP) is 15.9. The number of hydrogen-bond acceptors (Lipinski definition) is 9. The van der Waals surface area contributed by atoms with Crippen LogP contribution in [0.4, 0.5) is 0 Å². The van der Waals surface area contributed by atoms with Gasteiger partial charge in [-0.1, -0.05) is 322 Å². The highest BCUT2D eigenvalue weighted by Gasteiger charge is 2.44. The van der Waals surface area contributed by atoms with Gasteiger partial charge in [0.2, 0.25) is 5.91 Å². The molecule has 1 rings (SSSR count). The zero-order valence-corrected chi connectivity index (χ0v) is 49.0. The molecule has 1 amide bonds. The number of aliphatic hydroxyl groups is 6. The summed E-state index contributed by atoms with van der Waals surface area (Å²) in [7, 11) is 0. The number of amides is 1. The van der Waals surface area contributed by atoms with Crippen LogP contribution in [0.15, 0.2) is 0 Å². The van der Waals surface area contributed by atoms with Gasteiger partial charge in [-0.2, -0.15) is 0 Å². The molecule has 0 aliphatic carbocycles. The summed E-state index contributed by atoms with van der Waals surface area (Å²) in [6.07, 6.45) is 55.9. The molecular formula is C64H127NO9. The van der Waals surface area contributed by atoms with E-state index < -0.39 is 55.6 Å². The molecule has 7 N–H and O–H groups in total. The largest absolute Gasteiger partial charge is 0.394 e. The summed E-state index contributed by atoms with van der Waals surface area (Å²) >= 11 is 0. The van der Waals surface area contributed by atoms with Gasteiger partial charge in [0.15, 0.2) is 6.29 Å². The van der Waals surface area contributed by atoms with Gasteiger partial charge in [0, 0.05) is 6.42 Å². The molecule has 0 spiro atoms. The third-order valence-corrected chi connectivity index (χ3v) is 16.3. The number of carbonyl (C=O) groups excluding carboxylic acids is 1. The van der Waals surface area contributed by atoms with Crippen molar-refractivity contribution in [3.8, 4) is 0 Å². The Labute approximate surface area is 457 Å². The lowest BCUT2D eigenvalue weighted by Gasteiger charge is -2.40. The zero-order chi connectivity index (χ0) is 53.8. The third-order valence-electron chi connectivity index (χ3n) is 16.3. The highest BCUT2D eigenvalue weighted by molar-refractivity contribution is 5.76. The van der Waals surface area contributed by atoms with Crippen LogP contribution in [0.5, 0.6) is 0 Å². The second-order valence-corrected chi connectivity index (χ2v) is 23.4. The molecule has 1 heterocycles. The smallest absolute Gasteiger partial charge is 0.220 e. The number of aliphatic hydroxyl groups excluding tert-OH is 6. The van der Waals surface area contributed by atoms with Crippen LogP contribution in [-0.4, -0.2) is 98.7 Å². The molecule has 2 unspecified atom stereocenters. The highest BCUT2D eigenvalue weighted by atomic mass is 16.7. The molecule has 1 aliphatic rings. The standard InChI is InChI=1S/C64H127NO9/c1-3-5-7-9-11-13-15-17-19-20-21-22-23-24-25-26-27-28-29-30-31-32-33-34-35-36-37-38-39-41-43-45-47-49-51-53-59(68)65-56(55-73-64-63(72)62(71)61(70)58(54-66)74-64)60(69)57(67)52-50-48-46-44-42-40-18-16-14-12-10-8-6-4-2/h56-58,60-64,66-67,69-72H,3-55H2,1-2H3,(H,65,68)/t56-,57+,58+,60-,61-,62?,63?,64+/m0/s1. The van der Waals surface area contributed by atoms with Gasteiger partial charge in [-0.05, 0) is 12.8 Å². The molecule has 442 valence electrons. The molecule has 1 saturated heterocycles. The molecule has 0 aromatic heterocycles. The van der Waals surface area contributed by atoms with E-state index in [1.54, 1.807) is 0 Å². The molecule has 74 heavy (non-hydrogen) atoms. The van der Waals surface area contributed by atoms with Gasteiger partial charge in [0.05, 0.1) is 25.4 Å². The Morgan fingerprint density at radius 2 is 0.703 bits per heavy atom. The second-order valence-electron chi connectivity index (χ2n) is 23.4. The quantitative estimate of drug-likeness (QED) is 0.0293. The number of unbranched alkanes of at least 4 members (excludes halogenated alkanes) is 47. The minimum absolute atomic E-state index is 0.249.